The molecular weight excluding hydrogens is 168 g/mol. The monoisotopic (exact) mass is 182 g/mol. The summed E-state index contributed by atoms with van der Waals surface area (Å²) in [5.41, 5.74) is 1.09. The molecule has 0 aliphatic carbocycles. The van der Waals surface area contributed by atoms with Gasteiger partial charge in [0, 0.05) is 6.20 Å². The molecule has 0 amide bonds. The summed E-state index contributed by atoms with van der Waals surface area (Å²) in [7, 11) is 0. The number of aromatic nitrogens is 2. The summed E-state index contributed by atoms with van der Waals surface area (Å²) in [6.45, 7) is 4.38. The molecule has 1 heterocycles. The van der Waals surface area contributed by atoms with E-state index in [4.69, 9.17) is 0 Å². The fourth-order valence-electron chi connectivity index (χ4n) is 1.00. The van der Waals surface area contributed by atoms with Crippen LogP contribution in [0.25, 0.3) is 0 Å². The van der Waals surface area contributed by atoms with E-state index in [2.05, 4.69) is 23.8 Å². The maximum Gasteiger partial charge on any atom is 0.114 e. The van der Waals surface area contributed by atoms with Gasteiger partial charge in [0.15, 0.2) is 0 Å². The second kappa shape index (κ2) is 4.45. The topological polar surface area (TPSA) is 25.8 Å². The molecule has 0 atom stereocenters. The molecule has 1 rings (SSSR count). The maximum atomic E-state index is 4.43. The van der Waals surface area contributed by atoms with Crippen LogP contribution in [0.2, 0.25) is 0 Å². The first-order valence-electron chi connectivity index (χ1n) is 4.07. The average molecular weight is 182 g/mol. The van der Waals surface area contributed by atoms with Crippen LogP contribution < -0.4 is 0 Å². The van der Waals surface area contributed by atoms with Crippen molar-refractivity contribution in [2.24, 2.45) is 5.92 Å². The van der Waals surface area contributed by atoms with E-state index < -0.39 is 0 Å². The third-order valence-corrected chi connectivity index (χ3v) is 2.10. The van der Waals surface area contributed by atoms with Crippen molar-refractivity contribution in [3.05, 3.63) is 18.1 Å². The molecule has 0 aromatic carbocycles. The predicted molar refractivity (Wildman–Crippen MR) is 52.4 cm³/mol. The molecule has 3 heteroatoms. The van der Waals surface area contributed by atoms with Crippen molar-refractivity contribution in [2.45, 2.75) is 25.3 Å². The SMILES string of the molecule is CSc1cncc(CC(C)C)n1. The first kappa shape index (κ1) is 9.52. The van der Waals surface area contributed by atoms with Gasteiger partial charge >= 0.3 is 0 Å². The van der Waals surface area contributed by atoms with Crippen molar-refractivity contribution in [1.82, 2.24) is 9.97 Å². The smallest absolute Gasteiger partial charge is 0.114 e. The number of thioether (sulfide) groups is 1. The van der Waals surface area contributed by atoms with Crippen LogP contribution in [-0.4, -0.2) is 16.2 Å². The lowest BCUT2D eigenvalue weighted by Crippen LogP contribution is -1.98. The maximum absolute atomic E-state index is 4.43. The van der Waals surface area contributed by atoms with Crippen molar-refractivity contribution < 1.29 is 0 Å². The van der Waals surface area contributed by atoms with Crippen molar-refractivity contribution in [3.63, 3.8) is 0 Å². The second-order valence-corrected chi connectivity index (χ2v) is 3.98. The van der Waals surface area contributed by atoms with Gasteiger partial charge in [0.2, 0.25) is 0 Å². The van der Waals surface area contributed by atoms with Crippen LogP contribution in [0, 0.1) is 5.92 Å². The summed E-state index contributed by atoms with van der Waals surface area (Å²) in [6, 6.07) is 0. The highest BCUT2D eigenvalue weighted by Crippen LogP contribution is 2.11. The quantitative estimate of drug-likeness (QED) is 0.671. The molecule has 12 heavy (non-hydrogen) atoms. The van der Waals surface area contributed by atoms with E-state index >= 15 is 0 Å². The molecule has 0 bridgehead atoms. The predicted octanol–water partition coefficient (Wildman–Crippen LogP) is 2.40. The molecule has 0 saturated carbocycles. The molecule has 0 saturated heterocycles. The van der Waals surface area contributed by atoms with Gasteiger partial charge in [-0.25, -0.2) is 4.98 Å². The lowest BCUT2D eigenvalue weighted by Gasteiger charge is -2.03. The Balaban J connectivity index is 2.72. The van der Waals surface area contributed by atoms with Crippen molar-refractivity contribution in [1.29, 1.82) is 0 Å². The Kier molecular flexibility index (Phi) is 3.53. The standard InChI is InChI=1S/C9H14N2S/c1-7(2)4-8-5-10-6-9(11-8)12-3/h5-7H,4H2,1-3H3. The fraction of sp³-hybridized carbons (Fsp3) is 0.556. The number of rotatable bonds is 3. The van der Waals surface area contributed by atoms with E-state index in [-0.39, 0.29) is 0 Å². The Hall–Kier alpha value is -0.570. The highest BCUT2D eigenvalue weighted by Gasteiger charge is 2.00. The van der Waals surface area contributed by atoms with Gasteiger partial charge in [-0.15, -0.1) is 11.8 Å². The van der Waals surface area contributed by atoms with Crippen molar-refractivity contribution in [2.75, 3.05) is 6.26 Å². The van der Waals surface area contributed by atoms with E-state index in [1.807, 2.05) is 12.5 Å². The molecule has 0 fully saturated rings. The van der Waals surface area contributed by atoms with Crippen LogP contribution in [0.15, 0.2) is 17.4 Å². The van der Waals surface area contributed by atoms with Gasteiger partial charge in [0.25, 0.3) is 0 Å². The highest BCUT2D eigenvalue weighted by atomic mass is 32.2. The summed E-state index contributed by atoms with van der Waals surface area (Å²) in [5, 5.41) is 1.01. The van der Waals surface area contributed by atoms with Crippen molar-refractivity contribution in [3.8, 4) is 0 Å². The Morgan fingerprint density at radius 2 is 2.17 bits per heavy atom. The number of nitrogens with zero attached hydrogens (tertiary/aromatic N) is 2. The van der Waals surface area contributed by atoms with Gasteiger partial charge in [0.1, 0.15) is 5.03 Å². The summed E-state index contributed by atoms with van der Waals surface area (Å²) in [6.07, 6.45) is 6.68. The average Bonchev–Trinajstić information content (AvgIpc) is 2.03. The van der Waals surface area contributed by atoms with Crippen LogP contribution in [0.3, 0.4) is 0 Å². The zero-order chi connectivity index (χ0) is 8.97. The van der Waals surface area contributed by atoms with Crippen molar-refractivity contribution >= 4 is 11.8 Å². The largest absolute Gasteiger partial charge is 0.260 e. The molecule has 0 radical (unpaired) electrons. The Morgan fingerprint density at radius 1 is 1.42 bits per heavy atom. The molecule has 1 aromatic rings. The fourth-order valence-corrected chi connectivity index (χ4v) is 1.38. The molecular formula is C9H14N2S. The van der Waals surface area contributed by atoms with E-state index in [1.165, 1.54) is 0 Å². The Labute approximate surface area is 77.8 Å². The van der Waals surface area contributed by atoms with Gasteiger partial charge in [-0.1, -0.05) is 13.8 Å². The molecule has 1 aromatic heterocycles. The lowest BCUT2D eigenvalue weighted by molar-refractivity contribution is 0.628. The minimum Gasteiger partial charge on any atom is -0.260 e. The third kappa shape index (κ3) is 2.81. The van der Waals surface area contributed by atoms with Crippen LogP contribution in [-0.2, 0) is 6.42 Å². The van der Waals surface area contributed by atoms with Gasteiger partial charge in [0.05, 0.1) is 11.9 Å². The van der Waals surface area contributed by atoms with Crippen LogP contribution in [0.5, 0.6) is 0 Å². The van der Waals surface area contributed by atoms with E-state index in [9.17, 15) is 0 Å². The molecule has 0 aliphatic rings. The minimum atomic E-state index is 0.649. The molecule has 0 spiro atoms. The first-order chi connectivity index (χ1) is 5.72. The summed E-state index contributed by atoms with van der Waals surface area (Å²) >= 11 is 1.64. The van der Waals surface area contributed by atoms with E-state index in [1.54, 1.807) is 18.0 Å². The molecule has 0 unspecified atom stereocenters. The van der Waals surface area contributed by atoms with E-state index in [0.29, 0.717) is 5.92 Å². The first-order valence-corrected chi connectivity index (χ1v) is 5.29. The number of hydrogen-bond acceptors (Lipinski definition) is 3. The molecule has 66 valence electrons. The van der Waals surface area contributed by atoms with Crippen LogP contribution in [0.4, 0.5) is 0 Å². The van der Waals surface area contributed by atoms with Gasteiger partial charge in [-0.2, -0.15) is 0 Å². The second-order valence-electron chi connectivity index (χ2n) is 3.15. The Bertz CT molecular complexity index is 248. The van der Waals surface area contributed by atoms with Crippen LogP contribution >= 0.6 is 11.8 Å². The molecule has 0 N–H and O–H groups in total. The molecule has 2 nitrogen and oxygen atoms in total. The summed E-state index contributed by atoms with van der Waals surface area (Å²) in [4.78, 5) is 8.56. The van der Waals surface area contributed by atoms with Crippen LogP contribution in [0.1, 0.15) is 19.5 Å². The normalized spacial score (nSPS) is 10.7. The summed E-state index contributed by atoms with van der Waals surface area (Å²) in [5.74, 6) is 0.649. The number of hydrogen-bond donors (Lipinski definition) is 0. The highest BCUT2D eigenvalue weighted by molar-refractivity contribution is 7.98. The minimum absolute atomic E-state index is 0.649. The molecule has 0 aliphatic heterocycles. The summed E-state index contributed by atoms with van der Waals surface area (Å²) < 4.78 is 0. The van der Waals surface area contributed by atoms with Gasteiger partial charge in [-0.05, 0) is 18.6 Å². The van der Waals surface area contributed by atoms with Gasteiger partial charge < -0.3 is 0 Å². The third-order valence-electron chi connectivity index (χ3n) is 1.49. The lowest BCUT2D eigenvalue weighted by atomic mass is 10.1. The van der Waals surface area contributed by atoms with Gasteiger partial charge in [-0.3, -0.25) is 4.98 Å². The van der Waals surface area contributed by atoms with E-state index in [0.717, 1.165) is 17.1 Å². The Morgan fingerprint density at radius 3 is 2.75 bits per heavy atom. The zero-order valence-corrected chi connectivity index (χ0v) is 8.56. The zero-order valence-electron chi connectivity index (χ0n) is 7.74.